The number of aromatic nitrogens is 1. The van der Waals surface area contributed by atoms with Gasteiger partial charge in [-0.05, 0) is 25.3 Å². The van der Waals surface area contributed by atoms with Gasteiger partial charge < -0.3 is 15.2 Å². The summed E-state index contributed by atoms with van der Waals surface area (Å²) in [6.07, 6.45) is 1.22. The van der Waals surface area contributed by atoms with E-state index in [2.05, 4.69) is 4.98 Å². The minimum atomic E-state index is -3.69. The predicted molar refractivity (Wildman–Crippen MR) is 66.3 cm³/mol. The van der Waals surface area contributed by atoms with Crippen molar-refractivity contribution < 1.29 is 23.4 Å². The second-order valence-electron chi connectivity index (χ2n) is 4.71. The van der Waals surface area contributed by atoms with E-state index in [4.69, 9.17) is 5.11 Å². The van der Waals surface area contributed by atoms with E-state index in [1.807, 2.05) is 0 Å². The highest BCUT2D eigenvalue weighted by Gasteiger charge is 2.35. The fourth-order valence-electron chi connectivity index (χ4n) is 2.16. The lowest BCUT2D eigenvalue weighted by molar-refractivity contribution is 0.0691. The van der Waals surface area contributed by atoms with E-state index in [-0.39, 0.29) is 23.1 Å². The number of nitrogens with zero attached hydrogens (tertiary/aromatic N) is 1. The molecule has 0 aliphatic carbocycles. The van der Waals surface area contributed by atoms with Crippen LogP contribution in [0.4, 0.5) is 0 Å². The Bertz CT molecular complexity index is 578. The maximum Gasteiger partial charge on any atom is 0.352 e. The number of aromatic amines is 1. The number of carbonyl (C=O) groups is 1. The molecule has 0 bridgehead atoms. The first-order valence-electron chi connectivity index (χ1n) is 5.92. The zero-order valence-electron chi connectivity index (χ0n) is 10.4. The number of aliphatic hydroxyl groups is 1. The third-order valence-corrected chi connectivity index (χ3v) is 5.24. The first-order chi connectivity index (χ1) is 8.82. The molecular weight excluding hydrogens is 272 g/mol. The largest absolute Gasteiger partial charge is 0.477 e. The van der Waals surface area contributed by atoms with Crippen molar-refractivity contribution in [3.63, 3.8) is 0 Å². The Morgan fingerprint density at radius 2 is 2.26 bits per heavy atom. The third-order valence-electron chi connectivity index (χ3n) is 3.39. The van der Waals surface area contributed by atoms with Crippen LogP contribution in [0.15, 0.2) is 17.2 Å². The van der Waals surface area contributed by atoms with Gasteiger partial charge in [-0.15, -0.1) is 0 Å². The lowest BCUT2D eigenvalue weighted by Gasteiger charge is -2.16. The standard InChI is InChI=1S/C11H16N2O5S/c1-7(14)8-2-3-13(6-8)19(17,18)9-4-10(11(15)16)12-5-9/h4-5,7-8,12,14H,2-3,6H2,1H3,(H,15,16). The molecule has 3 N–H and O–H groups in total. The Morgan fingerprint density at radius 1 is 1.58 bits per heavy atom. The summed E-state index contributed by atoms with van der Waals surface area (Å²) >= 11 is 0. The van der Waals surface area contributed by atoms with Gasteiger partial charge in [0, 0.05) is 19.3 Å². The first kappa shape index (κ1) is 14.0. The van der Waals surface area contributed by atoms with Gasteiger partial charge in [0.2, 0.25) is 10.0 Å². The highest BCUT2D eigenvalue weighted by molar-refractivity contribution is 7.89. The molecule has 1 fully saturated rings. The SMILES string of the molecule is CC(O)C1CCN(S(=O)(=O)c2c[nH]c(C(=O)O)c2)C1. The zero-order chi connectivity index (χ0) is 14.2. The molecule has 8 heteroatoms. The van der Waals surface area contributed by atoms with Gasteiger partial charge in [-0.1, -0.05) is 0 Å². The summed E-state index contributed by atoms with van der Waals surface area (Å²) in [6.45, 7) is 2.23. The van der Waals surface area contributed by atoms with Crippen molar-refractivity contribution in [1.29, 1.82) is 0 Å². The van der Waals surface area contributed by atoms with Gasteiger partial charge in [0.15, 0.2) is 0 Å². The van der Waals surface area contributed by atoms with Crippen molar-refractivity contribution >= 4 is 16.0 Å². The number of carboxylic acids is 1. The summed E-state index contributed by atoms with van der Waals surface area (Å²) in [5.41, 5.74) is -0.162. The van der Waals surface area contributed by atoms with E-state index < -0.39 is 22.1 Å². The Hall–Kier alpha value is -1.38. The number of H-pyrrole nitrogens is 1. The third kappa shape index (κ3) is 2.65. The Labute approximate surface area is 110 Å². The summed E-state index contributed by atoms with van der Waals surface area (Å²) in [7, 11) is -3.69. The number of hydrogen-bond donors (Lipinski definition) is 3. The highest BCUT2D eigenvalue weighted by atomic mass is 32.2. The van der Waals surface area contributed by atoms with Gasteiger partial charge in [-0.2, -0.15) is 4.31 Å². The lowest BCUT2D eigenvalue weighted by Crippen LogP contribution is -2.30. The fraction of sp³-hybridized carbons (Fsp3) is 0.545. The van der Waals surface area contributed by atoms with E-state index in [1.165, 1.54) is 10.5 Å². The van der Waals surface area contributed by atoms with E-state index in [1.54, 1.807) is 6.92 Å². The molecule has 2 rings (SSSR count). The summed E-state index contributed by atoms with van der Waals surface area (Å²) in [4.78, 5) is 13.1. The number of aromatic carboxylic acids is 1. The van der Waals surface area contributed by atoms with Crippen molar-refractivity contribution in [3.05, 3.63) is 18.0 Å². The quantitative estimate of drug-likeness (QED) is 0.728. The minimum Gasteiger partial charge on any atom is -0.477 e. The number of carboxylic acid groups (broad SMARTS) is 1. The molecule has 1 aromatic rings. The number of sulfonamides is 1. The van der Waals surface area contributed by atoms with Crippen LogP contribution < -0.4 is 0 Å². The molecule has 7 nitrogen and oxygen atoms in total. The molecular formula is C11H16N2O5S. The Morgan fingerprint density at radius 3 is 2.74 bits per heavy atom. The highest BCUT2D eigenvalue weighted by Crippen LogP contribution is 2.26. The fourth-order valence-corrected chi connectivity index (χ4v) is 3.67. The summed E-state index contributed by atoms with van der Waals surface area (Å²) < 4.78 is 25.8. The maximum absolute atomic E-state index is 12.3. The normalized spacial score (nSPS) is 22.5. The molecule has 1 aliphatic rings. The van der Waals surface area contributed by atoms with Gasteiger partial charge in [-0.25, -0.2) is 13.2 Å². The second kappa shape index (κ2) is 4.95. The monoisotopic (exact) mass is 288 g/mol. The van der Waals surface area contributed by atoms with Crippen molar-refractivity contribution in [2.75, 3.05) is 13.1 Å². The molecule has 0 saturated carbocycles. The molecule has 19 heavy (non-hydrogen) atoms. The Balaban J connectivity index is 2.21. The van der Waals surface area contributed by atoms with Crippen molar-refractivity contribution in [2.24, 2.45) is 5.92 Å². The first-order valence-corrected chi connectivity index (χ1v) is 7.36. The zero-order valence-corrected chi connectivity index (χ0v) is 11.2. The molecule has 1 aliphatic heterocycles. The van der Waals surface area contributed by atoms with Gasteiger partial charge >= 0.3 is 5.97 Å². The molecule has 0 spiro atoms. The van der Waals surface area contributed by atoms with E-state index in [9.17, 15) is 18.3 Å². The molecule has 2 unspecified atom stereocenters. The molecule has 2 heterocycles. The molecule has 0 radical (unpaired) electrons. The van der Waals surface area contributed by atoms with Crippen LogP contribution in [0.1, 0.15) is 23.8 Å². The molecule has 0 amide bonds. The number of hydrogen-bond acceptors (Lipinski definition) is 4. The molecule has 2 atom stereocenters. The van der Waals surface area contributed by atoms with Crippen LogP contribution in [0.3, 0.4) is 0 Å². The van der Waals surface area contributed by atoms with Crippen LogP contribution in [0.2, 0.25) is 0 Å². The molecule has 0 aromatic carbocycles. The van der Waals surface area contributed by atoms with Crippen LogP contribution in [0, 0.1) is 5.92 Å². The van der Waals surface area contributed by atoms with Gasteiger partial charge in [0.1, 0.15) is 10.6 Å². The molecule has 1 saturated heterocycles. The maximum atomic E-state index is 12.3. The van der Waals surface area contributed by atoms with Gasteiger partial charge in [0.05, 0.1) is 6.10 Å². The minimum absolute atomic E-state index is 0.0591. The average Bonchev–Trinajstić information content (AvgIpc) is 2.99. The predicted octanol–water partition coefficient (Wildman–Crippen LogP) is 0.104. The van der Waals surface area contributed by atoms with Crippen LogP contribution in [-0.4, -0.2) is 53.1 Å². The van der Waals surface area contributed by atoms with Crippen molar-refractivity contribution in [2.45, 2.75) is 24.3 Å². The van der Waals surface area contributed by atoms with Crippen LogP contribution in [-0.2, 0) is 10.0 Å². The summed E-state index contributed by atoms with van der Waals surface area (Å²) in [5.74, 6) is -1.28. The van der Waals surface area contributed by atoms with E-state index >= 15 is 0 Å². The Kier molecular flexibility index (Phi) is 3.66. The molecule has 106 valence electrons. The summed E-state index contributed by atoms with van der Waals surface area (Å²) in [6, 6.07) is 1.10. The topological polar surface area (TPSA) is 111 Å². The lowest BCUT2D eigenvalue weighted by atomic mass is 10.0. The summed E-state index contributed by atoms with van der Waals surface area (Å²) in [5, 5.41) is 18.2. The van der Waals surface area contributed by atoms with Crippen LogP contribution >= 0.6 is 0 Å². The van der Waals surface area contributed by atoms with E-state index in [0.29, 0.717) is 13.0 Å². The second-order valence-corrected chi connectivity index (χ2v) is 6.64. The van der Waals surface area contributed by atoms with Crippen molar-refractivity contribution in [1.82, 2.24) is 9.29 Å². The number of rotatable bonds is 4. The number of aliphatic hydroxyl groups excluding tert-OH is 1. The van der Waals surface area contributed by atoms with Crippen LogP contribution in [0.5, 0.6) is 0 Å². The smallest absolute Gasteiger partial charge is 0.352 e. The van der Waals surface area contributed by atoms with E-state index in [0.717, 1.165) is 6.07 Å². The van der Waals surface area contributed by atoms with Gasteiger partial charge in [-0.3, -0.25) is 0 Å². The average molecular weight is 288 g/mol. The van der Waals surface area contributed by atoms with Crippen LogP contribution in [0.25, 0.3) is 0 Å². The van der Waals surface area contributed by atoms with Crippen molar-refractivity contribution in [3.8, 4) is 0 Å². The number of nitrogens with one attached hydrogen (secondary N) is 1. The molecule has 1 aromatic heterocycles. The van der Waals surface area contributed by atoms with Gasteiger partial charge in [0.25, 0.3) is 0 Å².